The lowest BCUT2D eigenvalue weighted by Crippen LogP contribution is -2.50. The molecule has 1 aromatic heterocycles. The molecular formula is C19H23N3. The molecule has 0 bridgehead atoms. The van der Waals surface area contributed by atoms with Crippen LogP contribution >= 0.6 is 0 Å². The number of aryl methyl sites for hydroxylation is 1. The monoisotopic (exact) mass is 293 g/mol. The van der Waals surface area contributed by atoms with E-state index >= 15 is 0 Å². The Kier molecular flexibility index (Phi) is 3.81. The van der Waals surface area contributed by atoms with Gasteiger partial charge in [-0.15, -0.1) is 0 Å². The van der Waals surface area contributed by atoms with Gasteiger partial charge >= 0.3 is 0 Å². The van der Waals surface area contributed by atoms with Crippen LogP contribution in [0.2, 0.25) is 0 Å². The van der Waals surface area contributed by atoms with Crippen molar-refractivity contribution in [3.8, 4) is 0 Å². The Bertz CT molecular complexity index is 620. The summed E-state index contributed by atoms with van der Waals surface area (Å²) in [5, 5.41) is 0. The summed E-state index contributed by atoms with van der Waals surface area (Å²) in [5.41, 5.74) is 2.78. The van der Waals surface area contributed by atoms with E-state index in [0.29, 0.717) is 6.17 Å². The molecule has 3 heterocycles. The molecule has 3 nitrogen and oxygen atoms in total. The second-order valence-corrected chi connectivity index (χ2v) is 6.30. The number of anilines is 2. The maximum atomic E-state index is 4.65. The van der Waals surface area contributed by atoms with Crippen LogP contribution in [0.15, 0.2) is 48.7 Å². The molecule has 0 radical (unpaired) electrons. The number of hydrogen-bond acceptors (Lipinski definition) is 3. The largest absolute Gasteiger partial charge is 0.310 e. The highest BCUT2D eigenvalue weighted by atomic mass is 15.4. The molecule has 4 rings (SSSR count). The molecular weight excluding hydrogens is 270 g/mol. The van der Waals surface area contributed by atoms with E-state index in [-0.39, 0.29) is 0 Å². The molecule has 1 fully saturated rings. The normalized spacial score (nSPS) is 22.4. The minimum Gasteiger partial charge on any atom is -0.310 e. The lowest BCUT2D eigenvalue weighted by molar-refractivity contribution is 0.154. The average Bonchev–Trinajstić information content (AvgIpc) is 2.62. The highest BCUT2D eigenvalue weighted by molar-refractivity contribution is 5.66. The van der Waals surface area contributed by atoms with Gasteiger partial charge in [0, 0.05) is 25.0 Å². The van der Waals surface area contributed by atoms with Gasteiger partial charge < -0.3 is 4.90 Å². The van der Waals surface area contributed by atoms with Gasteiger partial charge in [0.25, 0.3) is 0 Å². The third-order valence-electron chi connectivity index (χ3n) is 4.93. The molecule has 1 unspecified atom stereocenters. The van der Waals surface area contributed by atoms with Gasteiger partial charge in [0.05, 0.1) is 6.17 Å². The van der Waals surface area contributed by atoms with Crippen molar-refractivity contribution in [3.05, 3.63) is 54.2 Å². The predicted molar refractivity (Wildman–Crippen MR) is 90.4 cm³/mol. The van der Waals surface area contributed by atoms with Crippen LogP contribution in [0.1, 0.15) is 31.2 Å². The molecule has 0 spiro atoms. The standard InChI is InChI=1S/C19H23N3/c1-6-14-21(15-7-1)19-12-11-16-8-2-3-9-17(16)22(19)18-10-4-5-13-20-18/h2-5,8-10,13,19H,1,6-7,11-12,14-15H2. The summed E-state index contributed by atoms with van der Waals surface area (Å²) in [5.74, 6) is 1.07. The number of aromatic nitrogens is 1. The van der Waals surface area contributed by atoms with Crippen molar-refractivity contribution in [1.29, 1.82) is 0 Å². The number of benzene rings is 1. The highest BCUT2D eigenvalue weighted by Crippen LogP contribution is 2.37. The van der Waals surface area contributed by atoms with Gasteiger partial charge in [-0.25, -0.2) is 4.98 Å². The molecule has 0 N–H and O–H groups in total. The minimum absolute atomic E-state index is 0.449. The van der Waals surface area contributed by atoms with Gasteiger partial charge in [-0.1, -0.05) is 30.7 Å². The molecule has 2 aliphatic rings. The number of pyridine rings is 1. The summed E-state index contributed by atoms with van der Waals surface area (Å²) < 4.78 is 0. The third-order valence-corrected chi connectivity index (χ3v) is 4.93. The van der Waals surface area contributed by atoms with E-state index in [1.165, 1.54) is 56.4 Å². The number of piperidine rings is 1. The Hall–Kier alpha value is -1.87. The zero-order valence-corrected chi connectivity index (χ0v) is 13.0. The summed E-state index contributed by atoms with van der Waals surface area (Å²) in [7, 11) is 0. The SMILES string of the molecule is c1ccc(N2c3ccccc3CCC2N2CCCCC2)nc1. The Morgan fingerprint density at radius 1 is 0.909 bits per heavy atom. The van der Waals surface area contributed by atoms with E-state index in [0.717, 1.165) is 5.82 Å². The molecule has 114 valence electrons. The van der Waals surface area contributed by atoms with Crippen molar-refractivity contribution in [2.24, 2.45) is 0 Å². The predicted octanol–water partition coefficient (Wildman–Crippen LogP) is 3.98. The summed E-state index contributed by atoms with van der Waals surface area (Å²) in [6.07, 6.45) is 8.74. The van der Waals surface area contributed by atoms with Crippen LogP contribution in [-0.4, -0.2) is 29.1 Å². The number of fused-ring (bicyclic) bond motifs is 1. The number of rotatable bonds is 2. The first-order valence-corrected chi connectivity index (χ1v) is 8.46. The Morgan fingerprint density at radius 2 is 1.73 bits per heavy atom. The van der Waals surface area contributed by atoms with Crippen molar-refractivity contribution in [3.63, 3.8) is 0 Å². The van der Waals surface area contributed by atoms with Crippen LogP contribution in [0.4, 0.5) is 11.5 Å². The number of nitrogens with zero attached hydrogens (tertiary/aromatic N) is 3. The van der Waals surface area contributed by atoms with Gasteiger partial charge in [0.2, 0.25) is 0 Å². The molecule has 0 saturated carbocycles. The molecule has 0 amide bonds. The maximum absolute atomic E-state index is 4.65. The van der Waals surface area contributed by atoms with Crippen molar-refractivity contribution in [2.45, 2.75) is 38.3 Å². The first-order chi connectivity index (χ1) is 10.9. The number of likely N-dealkylation sites (tertiary alicyclic amines) is 1. The maximum Gasteiger partial charge on any atom is 0.134 e. The minimum atomic E-state index is 0.449. The van der Waals surface area contributed by atoms with Gasteiger partial charge in [-0.05, 0) is 49.4 Å². The molecule has 2 aliphatic heterocycles. The number of para-hydroxylation sites is 1. The van der Waals surface area contributed by atoms with E-state index in [9.17, 15) is 0 Å². The first kappa shape index (κ1) is 13.8. The van der Waals surface area contributed by atoms with Crippen LogP contribution in [0.5, 0.6) is 0 Å². The summed E-state index contributed by atoms with van der Waals surface area (Å²) >= 11 is 0. The van der Waals surface area contributed by atoms with Gasteiger partial charge in [-0.2, -0.15) is 0 Å². The quantitative estimate of drug-likeness (QED) is 0.835. The summed E-state index contributed by atoms with van der Waals surface area (Å²) in [6.45, 7) is 2.44. The lowest BCUT2D eigenvalue weighted by Gasteiger charge is -2.45. The van der Waals surface area contributed by atoms with Crippen molar-refractivity contribution in [2.75, 3.05) is 18.0 Å². The molecule has 1 saturated heterocycles. The topological polar surface area (TPSA) is 19.4 Å². The Balaban J connectivity index is 1.75. The fraction of sp³-hybridized carbons (Fsp3) is 0.421. The van der Waals surface area contributed by atoms with E-state index in [2.05, 4.69) is 51.2 Å². The van der Waals surface area contributed by atoms with Crippen LogP contribution in [0, 0.1) is 0 Å². The Morgan fingerprint density at radius 3 is 2.55 bits per heavy atom. The first-order valence-electron chi connectivity index (χ1n) is 8.46. The average molecular weight is 293 g/mol. The molecule has 22 heavy (non-hydrogen) atoms. The van der Waals surface area contributed by atoms with Crippen molar-refractivity contribution >= 4 is 11.5 Å². The van der Waals surface area contributed by atoms with Gasteiger partial charge in [0.1, 0.15) is 5.82 Å². The zero-order valence-electron chi connectivity index (χ0n) is 13.0. The second kappa shape index (κ2) is 6.09. The summed E-state index contributed by atoms with van der Waals surface area (Å²) in [6, 6.07) is 15.0. The van der Waals surface area contributed by atoms with Crippen molar-refractivity contribution < 1.29 is 0 Å². The highest BCUT2D eigenvalue weighted by Gasteiger charge is 2.32. The Labute approximate surface area is 132 Å². The zero-order chi connectivity index (χ0) is 14.8. The third kappa shape index (κ3) is 2.50. The van der Waals surface area contributed by atoms with Crippen LogP contribution in [0.3, 0.4) is 0 Å². The molecule has 3 heteroatoms. The molecule has 2 aromatic rings. The van der Waals surface area contributed by atoms with E-state index in [1.54, 1.807) is 0 Å². The molecule has 1 atom stereocenters. The summed E-state index contributed by atoms with van der Waals surface area (Å²) in [4.78, 5) is 9.77. The van der Waals surface area contributed by atoms with Crippen molar-refractivity contribution in [1.82, 2.24) is 9.88 Å². The van der Waals surface area contributed by atoms with Crippen LogP contribution in [0.25, 0.3) is 0 Å². The van der Waals surface area contributed by atoms with E-state index in [1.807, 2.05) is 12.3 Å². The fourth-order valence-electron chi connectivity index (χ4n) is 3.87. The molecule has 0 aliphatic carbocycles. The fourth-order valence-corrected chi connectivity index (χ4v) is 3.87. The van der Waals surface area contributed by atoms with Gasteiger partial charge in [0.15, 0.2) is 0 Å². The number of hydrogen-bond donors (Lipinski definition) is 0. The lowest BCUT2D eigenvalue weighted by atomic mass is 9.97. The van der Waals surface area contributed by atoms with E-state index < -0.39 is 0 Å². The smallest absolute Gasteiger partial charge is 0.134 e. The van der Waals surface area contributed by atoms with Crippen LogP contribution in [-0.2, 0) is 6.42 Å². The van der Waals surface area contributed by atoms with Gasteiger partial charge in [-0.3, -0.25) is 4.90 Å². The van der Waals surface area contributed by atoms with Crippen LogP contribution < -0.4 is 4.90 Å². The second-order valence-electron chi connectivity index (χ2n) is 6.30. The molecule has 1 aromatic carbocycles. The van der Waals surface area contributed by atoms with E-state index in [4.69, 9.17) is 0 Å².